The third-order valence-corrected chi connectivity index (χ3v) is 7.95. The third-order valence-electron chi connectivity index (χ3n) is 7.95. The molecule has 3 saturated heterocycles. The maximum atomic E-state index is 12.8. The number of anilines is 3. The average molecular weight is 495 g/mol. The summed E-state index contributed by atoms with van der Waals surface area (Å²) in [6.07, 6.45) is 1.42. The molecule has 0 N–H and O–H groups in total. The summed E-state index contributed by atoms with van der Waals surface area (Å²) >= 11 is 0. The maximum absolute atomic E-state index is 12.8. The Bertz CT molecular complexity index is 1110. The van der Waals surface area contributed by atoms with E-state index >= 15 is 0 Å². The van der Waals surface area contributed by atoms with Gasteiger partial charge in [0.05, 0.1) is 19.3 Å². The van der Waals surface area contributed by atoms with Crippen molar-refractivity contribution in [2.24, 2.45) is 0 Å². The van der Waals surface area contributed by atoms with Gasteiger partial charge in [-0.3, -0.25) is 4.90 Å². The van der Waals surface area contributed by atoms with Gasteiger partial charge >= 0.3 is 6.09 Å². The fourth-order valence-electron chi connectivity index (χ4n) is 5.87. The number of piperidine rings is 1. The second-order valence-electron chi connectivity index (χ2n) is 10.5. The van der Waals surface area contributed by atoms with Gasteiger partial charge in [0.15, 0.2) is 0 Å². The molecule has 1 spiro atoms. The number of hydrogen-bond donors (Lipinski definition) is 0. The highest BCUT2D eigenvalue weighted by Crippen LogP contribution is 2.41. The van der Waals surface area contributed by atoms with Crippen molar-refractivity contribution in [3.8, 4) is 5.75 Å². The van der Waals surface area contributed by atoms with Gasteiger partial charge in [0.2, 0.25) is 6.79 Å². The van der Waals surface area contributed by atoms with Crippen LogP contribution in [-0.2, 0) is 14.4 Å². The van der Waals surface area contributed by atoms with Gasteiger partial charge in [-0.05, 0) is 61.9 Å². The van der Waals surface area contributed by atoms with Crippen LogP contribution in [0.15, 0.2) is 42.5 Å². The predicted molar refractivity (Wildman–Crippen MR) is 136 cm³/mol. The Labute approximate surface area is 212 Å². The molecule has 9 heteroatoms. The topological polar surface area (TPSA) is 67.0 Å². The Balaban J connectivity index is 1.09. The molecule has 0 aliphatic carbocycles. The second kappa shape index (κ2) is 9.14. The Morgan fingerprint density at radius 1 is 1.06 bits per heavy atom. The zero-order chi connectivity index (χ0) is 24.9. The summed E-state index contributed by atoms with van der Waals surface area (Å²) in [5, 5.41) is 1.36. The van der Waals surface area contributed by atoms with Gasteiger partial charge in [-0.25, -0.2) is 14.5 Å². The summed E-state index contributed by atoms with van der Waals surface area (Å²) in [5.41, 5.74) is 3.90. The van der Waals surface area contributed by atoms with E-state index in [1.165, 1.54) is 16.5 Å². The first-order valence-corrected chi connectivity index (χ1v) is 12.8. The first kappa shape index (κ1) is 23.4. The van der Waals surface area contributed by atoms with Crippen LogP contribution in [0.4, 0.5) is 21.9 Å². The summed E-state index contributed by atoms with van der Waals surface area (Å²) in [4.78, 5) is 30.0. The lowest BCUT2D eigenvalue weighted by Crippen LogP contribution is -2.48. The molecule has 1 unspecified atom stereocenters. The molecule has 4 heterocycles. The molecule has 0 saturated carbocycles. The average Bonchev–Trinajstić information content (AvgIpc) is 3.37. The number of hydrogen-bond acceptors (Lipinski definition) is 8. The molecular weight excluding hydrogens is 460 g/mol. The smallest absolute Gasteiger partial charge is 0.415 e. The molecule has 0 radical (unpaired) electrons. The first-order chi connectivity index (χ1) is 17.4. The SMILES string of the molecule is COc1ccc2c(c1)C(CN1CCC3(CC1)CN(c1ccc(N4OCO4)cc1)C(=O)O3)CN2C(C)C. The number of methoxy groups -OCH3 is 1. The highest BCUT2D eigenvalue weighted by Gasteiger charge is 2.48. The minimum atomic E-state index is -0.420. The summed E-state index contributed by atoms with van der Waals surface area (Å²) in [6, 6.07) is 14.5. The number of nitrogens with zero attached hydrogens (tertiary/aromatic N) is 4. The molecule has 2 aromatic rings. The number of amides is 1. The number of ether oxygens (including phenoxy) is 2. The van der Waals surface area contributed by atoms with Crippen molar-refractivity contribution in [2.75, 3.05) is 61.7 Å². The lowest BCUT2D eigenvalue weighted by molar-refractivity contribution is -0.277. The lowest BCUT2D eigenvalue weighted by Gasteiger charge is -2.38. The van der Waals surface area contributed by atoms with E-state index < -0.39 is 5.60 Å². The van der Waals surface area contributed by atoms with Gasteiger partial charge in [-0.1, -0.05) is 0 Å². The van der Waals surface area contributed by atoms with Gasteiger partial charge in [0.25, 0.3) is 0 Å². The van der Waals surface area contributed by atoms with Crippen LogP contribution in [0.2, 0.25) is 0 Å². The highest BCUT2D eigenvalue weighted by atomic mass is 17.1. The molecule has 2 aromatic carbocycles. The lowest BCUT2D eigenvalue weighted by atomic mass is 9.90. The molecule has 36 heavy (non-hydrogen) atoms. The molecule has 192 valence electrons. The molecule has 6 rings (SSSR count). The maximum Gasteiger partial charge on any atom is 0.415 e. The minimum absolute atomic E-state index is 0.261. The number of likely N-dealkylation sites (tertiary alicyclic amines) is 1. The number of carbonyl (C=O) groups excluding carboxylic acids is 1. The fraction of sp³-hybridized carbons (Fsp3) is 0.519. The van der Waals surface area contributed by atoms with Gasteiger partial charge in [-0.2, -0.15) is 0 Å². The summed E-state index contributed by atoms with van der Waals surface area (Å²) in [6.45, 7) is 9.20. The Morgan fingerprint density at radius 2 is 1.78 bits per heavy atom. The van der Waals surface area contributed by atoms with Gasteiger partial charge in [0.1, 0.15) is 11.4 Å². The molecule has 0 bridgehead atoms. The van der Waals surface area contributed by atoms with Crippen molar-refractivity contribution >= 4 is 23.2 Å². The number of fused-ring (bicyclic) bond motifs is 1. The van der Waals surface area contributed by atoms with Crippen LogP contribution >= 0.6 is 0 Å². The highest BCUT2D eigenvalue weighted by molar-refractivity contribution is 5.90. The summed E-state index contributed by atoms with van der Waals surface area (Å²) in [5.74, 6) is 1.35. The first-order valence-electron chi connectivity index (χ1n) is 12.8. The summed E-state index contributed by atoms with van der Waals surface area (Å²) < 4.78 is 11.5. The van der Waals surface area contributed by atoms with Crippen LogP contribution in [0, 0.1) is 0 Å². The van der Waals surface area contributed by atoms with Gasteiger partial charge in [0, 0.05) is 62.4 Å². The van der Waals surface area contributed by atoms with E-state index in [-0.39, 0.29) is 12.9 Å². The molecule has 4 aliphatic rings. The van der Waals surface area contributed by atoms with E-state index in [0.29, 0.717) is 18.5 Å². The third kappa shape index (κ3) is 4.15. The van der Waals surface area contributed by atoms with E-state index in [4.69, 9.17) is 19.1 Å². The molecule has 1 atom stereocenters. The molecule has 4 aliphatic heterocycles. The molecule has 3 fully saturated rings. The Kier molecular flexibility index (Phi) is 5.94. The van der Waals surface area contributed by atoms with Crippen molar-refractivity contribution in [3.05, 3.63) is 48.0 Å². The van der Waals surface area contributed by atoms with E-state index in [1.807, 2.05) is 24.3 Å². The van der Waals surface area contributed by atoms with Crippen LogP contribution in [0.1, 0.15) is 38.2 Å². The van der Waals surface area contributed by atoms with Crippen LogP contribution in [-0.4, -0.2) is 69.3 Å². The normalized spacial score (nSPS) is 23.3. The van der Waals surface area contributed by atoms with Gasteiger partial charge < -0.3 is 19.3 Å². The van der Waals surface area contributed by atoms with Crippen LogP contribution in [0.3, 0.4) is 0 Å². The molecule has 1 amide bonds. The van der Waals surface area contributed by atoms with Crippen LogP contribution in [0.25, 0.3) is 0 Å². The largest absolute Gasteiger partial charge is 0.497 e. The number of carbonyl (C=O) groups is 1. The predicted octanol–water partition coefficient (Wildman–Crippen LogP) is 4.14. The number of rotatable bonds is 6. The quantitative estimate of drug-likeness (QED) is 0.594. The van der Waals surface area contributed by atoms with Crippen molar-refractivity contribution in [1.82, 2.24) is 4.90 Å². The molecular formula is C27H34N4O5. The molecule has 0 aromatic heterocycles. The monoisotopic (exact) mass is 494 g/mol. The minimum Gasteiger partial charge on any atom is -0.497 e. The number of benzene rings is 2. The second-order valence-corrected chi connectivity index (χ2v) is 10.5. The van der Waals surface area contributed by atoms with Crippen molar-refractivity contribution in [3.63, 3.8) is 0 Å². The van der Waals surface area contributed by atoms with E-state index in [0.717, 1.165) is 56.1 Å². The van der Waals surface area contributed by atoms with Crippen LogP contribution in [0.5, 0.6) is 5.75 Å². The Morgan fingerprint density at radius 3 is 2.42 bits per heavy atom. The van der Waals surface area contributed by atoms with E-state index in [2.05, 4.69) is 41.8 Å². The van der Waals surface area contributed by atoms with E-state index in [1.54, 1.807) is 12.0 Å². The van der Waals surface area contributed by atoms with Gasteiger partial charge in [-0.15, -0.1) is 5.23 Å². The van der Waals surface area contributed by atoms with E-state index in [9.17, 15) is 4.79 Å². The standard InChI is InChI=1S/C27H34N4O5/c1-19(2)29-16-20(24-14-23(33-3)8-9-25(24)29)15-28-12-10-27(11-13-28)17-30(26(32)36-27)21-4-6-22(7-5-21)31-34-18-35-31/h4-9,14,19-20H,10-13,15-18H2,1-3H3. The Hall–Kier alpha value is -3.01. The molecule has 9 nitrogen and oxygen atoms in total. The van der Waals surface area contributed by atoms with Crippen molar-refractivity contribution in [2.45, 2.75) is 44.2 Å². The zero-order valence-electron chi connectivity index (χ0n) is 21.2. The fourth-order valence-corrected chi connectivity index (χ4v) is 5.87. The van der Waals surface area contributed by atoms with Crippen molar-refractivity contribution in [1.29, 1.82) is 0 Å². The summed E-state index contributed by atoms with van der Waals surface area (Å²) in [7, 11) is 1.73. The van der Waals surface area contributed by atoms with Crippen LogP contribution < -0.4 is 19.8 Å². The van der Waals surface area contributed by atoms with Crippen molar-refractivity contribution < 1.29 is 23.9 Å². The zero-order valence-corrected chi connectivity index (χ0v) is 21.2.